The highest BCUT2D eigenvalue weighted by Crippen LogP contribution is 2.33. The Morgan fingerprint density at radius 1 is 1.27 bits per heavy atom. The van der Waals surface area contributed by atoms with E-state index in [0.29, 0.717) is 17.9 Å². The van der Waals surface area contributed by atoms with Gasteiger partial charge < -0.3 is 9.42 Å². The first-order valence-corrected chi connectivity index (χ1v) is 8.72. The summed E-state index contributed by atoms with van der Waals surface area (Å²) in [5, 5.41) is 11.8. The third kappa shape index (κ3) is 2.98. The van der Waals surface area contributed by atoms with Crippen molar-refractivity contribution in [3.05, 3.63) is 54.1 Å². The fourth-order valence-electron chi connectivity index (χ4n) is 3.23. The normalized spacial score (nSPS) is 17.2. The molecular formula is C18H20N6O2. The Balaban J connectivity index is 1.59. The third-order valence-corrected chi connectivity index (χ3v) is 4.65. The van der Waals surface area contributed by atoms with Crippen LogP contribution in [-0.2, 0) is 0 Å². The summed E-state index contributed by atoms with van der Waals surface area (Å²) in [6.45, 7) is 4.83. The highest BCUT2D eigenvalue weighted by molar-refractivity contribution is 5.95. The SMILES string of the molecule is CC(C)c1cc([C@@H]2CCCN2C(=O)c2ccnc(-n3cnnc3)c2)no1. The molecule has 0 saturated carbocycles. The number of rotatable bonds is 4. The van der Waals surface area contributed by atoms with E-state index in [1.807, 2.05) is 11.0 Å². The first kappa shape index (κ1) is 16.4. The zero-order valence-corrected chi connectivity index (χ0v) is 14.7. The van der Waals surface area contributed by atoms with E-state index in [0.717, 1.165) is 24.3 Å². The van der Waals surface area contributed by atoms with Crippen LogP contribution in [0.3, 0.4) is 0 Å². The molecule has 1 aliphatic rings. The molecule has 1 aliphatic heterocycles. The molecule has 1 atom stereocenters. The molecule has 0 aliphatic carbocycles. The Morgan fingerprint density at radius 3 is 2.81 bits per heavy atom. The van der Waals surface area contributed by atoms with Crippen molar-refractivity contribution in [3.63, 3.8) is 0 Å². The van der Waals surface area contributed by atoms with Crippen LogP contribution in [0.1, 0.15) is 60.5 Å². The van der Waals surface area contributed by atoms with E-state index in [1.165, 1.54) is 0 Å². The maximum atomic E-state index is 13.1. The Kier molecular flexibility index (Phi) is 4.24. The number of pyridine rings is 1. The standard InChI is InChI=1S/C18H20N6O2/c1-12(2)16-9-14(22-26-16)15-4-3-7-24(15)18(25)13-5-6-19-17(8-13)23-10-20-21-11-23/h5-6,8-12,15H,3-4,7H2,1-2H3/t15-/m0/s1. The minimum Gasteiger partial charge on any atom is -0.361 e. The number of likely N-dealkylation sites (tertiary alicyclic amines) is 1. The van der Waals surface area contributed by atoms with Gasteiger partial charge in [-0.15, -0.1) is 10.2 Å². The second-order valence-electron chi connectivity index (χ2n) is 6.74. The largest absolute Gasteiger partial charge is 0.361 e. The number of nitrogens with zero attached hydrogens (tertiary/aromatic N) is 6. The van der Waals surface area contributed by atoms with Gasteiger partial charge in [-0.05, 0) is 25.0 Å². The lowest BCUT2D eigenvalue weighted by molar-refractivity contribution is 0.0730. The van der Waals surface area contributed by atoms with Gasteiger partial charge in [0.25, 0.3) is 5.91 Å². The van der Waals surface area contributed by atoms with E-state index in [9.17, 15) is 4.79 Å². The van der Waals surface area contributed by atoms with Crippen molar-refractivity contribution in [2.24, 2.45) is 0 Å². The molecule has 1 amide bonds. The molecule has 134 valence electrons. The van der Waals surface area contributed by atoms with Crippen molar-refractivity contribution in [2.45, 2.75) is 38.6 Å². The smallest absolute Gasteiger partial charge is 0.254 e. The molecule has 0 spiro atoms. The summed E-state index contributed by atoms with van der Waals surface area (Å²) in [5.74, 6) is 1.70. The zero-order valence-electron chi connectivity index (χ0n) is 14.7. The fourth-order valence-corrected chi connectivity index (χ4v) is 3.23. The molecule has 0 unspecified atom stereocenters. The van der Waals surface area contributed by atoms with Gasteiger partial charge in [0.2, 0.25) is 0 Å². The van der Waals surface area contributed by atoms with E-state index >= 15 is 0 Å². The monoisotopic (exact) mass is 352 g/mol. The van der Waals surface area contributed by atoms with Crippen molar-refractivity contribution in [2.75, 3.05) is 6.54 Å². The molecule has 0 radical (unpaired) electrons. The highest BCUT2D eigenvalue weighted by Gasteiger charge is 2.33. The number of hydrogen-bond donors (Lipinski definition) is 0. The van der Waals surface area contributed by atoms with Crippen LogP contribution in [0.4, 0.5) is 0 Å². The Bertz CT molecular complexity index is 902. The van der Waals surface area contributed by atoms with Gasteiger partial charge >= 0.3 is 0 Å². The summed E-state index contributed by atoms with van der Waals surface area (Å²) in [6.07, 6.45) is 6.57. The second-order valence-corrected chi connectivity index (χ2v) is 6.74. The number of carbonyl (C=O) groups is 1. The van der Waals surface area contributed by atoms with E-state index in [2.05, 4.69) is 34.2 Å². The number of aromatic nitrogens is 5. The van der Waals surface area contributed by atoms with Crippen LogP contribution in [0.2, 0.25) is 0 Å². The summed E-state index contributed by atoms with van der Waals surface area (Å²) in [7, 11) is 0. The predicted octanol–water partition coefficient (Wildman–Crippen LogP) is 2.75. The van der Waals surface area contributed by atoms with Crippen LogP contribution in [0, 0.1) is 0 Å². The lowest BCUT2D eigenvalue weighted by Gasteiger charge is -2.23. The minimum absolute atomic E-state index is 0.0293. The van der Waals surface area contributed by atoms with Gasteiger partial charge in [0.1, 0.15) is 29.9 Å². The van der Waals surface area contributed by atoms with Crippen LogP contribution in [0.5, 0.6) is 0 Å². The number of amides is 1. The van der Waals surface area contributed by atoms with Crippen molar-refractivity contribution in [1.29, 1.82) is 0 Å². The molecule has 0 aromatic carbocycles. The molecule has 3 aromatic heterocycles. The number of carbonyl (C=O) groups excluding carboxylic acids is 1. The Hall–Kier alpha value is -3.03. The molecule has 8 heteroatoms. The van der Waals surface area contributed by atoms with Crippen molar-refractivity contribution < 1.29 is 9.32 Å². The van der Waals surface area contributed by atoms with Crippen LogP contribution in [-0.4, -0.2) is 42.3 Å². The maximum Gasteiger partial charge on any atom is 0.254 e. The fraction of sp³-hybridized carbons (Fsp3) is 0.389. The third-order valence-electron chi connectivity index (χ3n) is 4.65. The molecule has 1 fully saturated rings. The molecule has 1 saturated heterocycles. The van der Waals surface area contributed by atoms with Crippen LogP contribution >= 0.6 is 0 Å². The second kappa shape index (κ2) is 6.70. The molecule has 0 bridgehead atoms. The molecule has 4 heterocycles. The summed E-state index contributed by atoms with van der Waals surface area (Å²) in [4.78, 5) is 19.2. The van der Waals surface area contributed by atoms with Gasteiger partial charge in [0.05, 0.1) is 6.04 Å². The van der Waals surface area contributed by atoms with E-state index < -0.39 is 0 Å². The van der Waals surface area contributed by atoms with Gasteiger partial charge in [-0.3, -0.25) is 9.36 Å². The van der Waals surface area contributed by atoms with Crippen molar-refractivity contribution >= 4 is 5.91 Å². The lowest BCUT2D eigenvalue weighted by atomic mass is 10.1. The molecule has 3 aromatic rings. The van der Waals surface area contributed by atoms with Crippen LogP contribution in [0.15, 0.2) is 41.6 Å². The molecular weight excluding hydrogens is 332 g/mol. The minimum atomic E-state index is -0.0507. The van der Waals surface area contributed by atoms with Crippen LogP contribution in [0.25, 0.3) is 5.82 Å². The summed E-state index contributed by atoms with van der Waals surface area (Å²) >= 11 is 0. The van der Waals surface area contributed by atoms with Gasteiger partial charge in [-0.2, -0.15) is 0 Å². The predicted molar refractivity (Wildman–Crippen MR) is 92.8 cm³/mol. The zero-order chi connectivity index (χ0) is 18.1. The first-order valence-electron chi connectivity index (χ1n) is 8.72. The Morgan fingerprint density at radius 2 is 2.08 bits per heavy atom. The first-order chi connectivity index (χ1) is 12.6. The van der Waals surface area contributed by atoms with E-state index in [4.69, 9.17) is 4.52 Å². The maximum absolute atomic E-state index is 13.1. The van der Waals surface area contributed by atoms with Gasteiger partial charge in [-0.1, -0.05) is 19.0 Å². The quantitative estimate of drug-likeness (QED) is 0.717. The molecule has 0 N–H and O–H groups in total. The van der Waals surface area contributed by atoms with E-state index in [1.54, 1.807) is 35.6 Å². The van der Waals surface area contributed by atoms with E-state index in [-0.39, 0.29) is 17.9 Å². The van der Waals surface area contributed by atoms with Gasteiger partial charge in [-0.25, -0.2) is 4.98 Å². The summed E-state index contributed by atoms with van der Waals surface area (Å²) < 4.78 is 7.10. The topological polar surface area (TPSA) is 89.9 Å². The van der Waals surface area contributed by atoms with Crippen LogP contribution < -0.4 is 0 Å². The average Bonchev–Trinajstić information content (AvgIpc) is 3.41. The lowest BCUT2D eigenvalue weighted by Crippen LogP contribution is -2.30. The van der Waals surface area contributed by atoms with Crippen molar-refractivity contribution in [1.82, 2.24) is 29.8 Å². The molecule has 4 rings (SSSR count). The Labute approximate surface area is 150 Å². The van der Waals surface area contributed by atoms with Crippen molar-refractivity contribution in [3.8, 4) is 5.82 Å². The van der Waals surface area contributed by atoms with Gasteiger partial charge in [0.15, 0.2) is 0 Å². The number of hydrogen-bond acceptors (Lipinski definition) is 6. The molecule has 8 nitrogen and oxygen atoms in total. The average molecular weight is 352 g/mol. The van der Waals surface area contributed by atoms with Gasteiger partial charge in [0, 0.05) is 30.3 Å². The summed E-state index contributed by atoms with van der Waals surface area (Å²) in [5.41, 5.74) is 1.41. The highest BCUT2D eigenvalue weighted by atomic mass is 16.5. The summed E-state index contributed by atoms with van der Waals surface area (Å²) in [6, 6.07) is 5.40. The molecule has 26 heavy (non-hydrogen) atoms.